The van der Waals surface area contributed by atoms with Gasteiger partial charge in [-0.25, -0.2) is 0 Å². The van der Waals surface area contributed by atoms with E-state index < -0.39 is 0 Å². The second-order valence-corrected chi connectivity index (χ2v) is 6.12. The summed E-state index contributed by atoms with van der Waals surface area (Å²) in [4.78, 5) is 26.2. The van der Waals surface area contributed by atoms with Crippen molar-refractivity contribution in [2.45, 2.75) is 76.3 Å². The normalized spacial score (nSPS) is 24.1. The van der Waals surface area contributed by atoms with Crippen LogP contribution in [0.3, 0.4) is 0 Å². The van der Waals surface area contributed by atoms with Crippen molar-refractivity contribution in [3.05, 3.63) is 0 Å². The molecule has 1 N–H and O–H groups in total. The maximum atomic E-state index is 12.5. The molecule has 1 aliphatic heterocycles. The van der Waals surface area contributed by atoms with Crippen molar-refractivity contribution >= 4 is 11.8 Å². The molecule has 1 atom stereocenters. The van der Waals surface area contributed by atoms with Crippen LogP contribution in [0.1, 0.15) is 64.2 Å². The van der Waals surface area contributed by atoms with Crippen molar-refractivity contribution in [3.63, 3.8) is 0 Å². The molecule has 1 saturated carbocycles. The van der Waals surface area contributed by atoms with E-state index in [1.807, 2.05) is 0 Å². The van der Waals surface area contributed by atoms with Gasteiger partial charge >= 0.3 is 0 Å². The van der Waals surface area contributed by atoms with E-state index in [1.54, 1.807) is 4.90 Å². The first-order chi connectivity index (χ1) is 10.2. The quantitative estimate of drug-likeness (QED) is 0.353. The summed E-state index contributed by atoms with van der Waals surface area (Å²) in [6.45, 7) is 0.754. The zero-order chi connectivity index (χ0) is 15.1. The Kier molecular flexibility index (Phi) is 6.25. The van der Waals surface area contributed by atoms with Crippen LogP contribution < -0.4 is 5.32 Å². The van der Waals surface area contributed by atoms with Crippen LogP contribution in [0.5, 0.6) is 0 Å². The highest BCUT2D eigenvalue weighted by atomic mass is 16.2. The number of carbonyl (C=O) groups excluding carboxylic acids is 2. The number of likely N-dealkylation sites (tertiary alicyclic amines) is 1. The molecule has 0 aromatic heterocycles. The minimum atomic E-state index is -0.313. The first-order valence-electron chi connectivity index (χ1n) is 8.27. The second-order valence-electron chi connectivity index (χ2n) is 6.12. The molecule has 4 nitrogen and oxygen atoms in total. The fraction of sp³-hybridized carbons (Fsp3) is 0.765. The predicted octanol–water partition coefficient (Wildman–Crippen LogP) is 2.23. The molecule has 1 unspecified atom stereocenters. The lowest BCUT2D eigenvalue weighted by Crippen LogP contribution is -2.44. The first-order valence-corrected chi connectivity index (χ1v) is 8.27. The van der Waals surface area contributed by atoms with Crippen molar-refractivity contribution in [2.75, 3.05) is 6.54 Å². The Morgan fingerprint density at radius 2 is 1.86 bits per heavy atom. The summed E-state index contributed by atoms with van der Waals surface area (Å²) in [5.74, 6) is 2.61. The molecule has 0 spiro atoms. The number of rotatable bonds is 6. The van der Waals surface area contributed by atoms with E-state index in [0.29, 0.717) is 6.42 Å². The van der Waals surface area contributed by atoms with Crippen LogP contribution in [-0.4, -0.2) is 35.3 Å². The van der Waals surface area contributed by atoms with Crippen LogP contribution in [-0.2, 0) is 9.59 Å². The van der Waals surface area contributed by atoms with Gasteiger partial charge in [-0.1, -0.05) is 25.7 Å². The summed E-state index contributed by atoms with van der Waals surface area (Å²) < 4.78 is 0. The molecule has 2 aliphatic rings. The molecule has 21 heavy (non-hydrogen) atoms. The monoisotopic (exact) mass is 290 g/mol. The molecule has 116 valence electrons. The van der Waals surface area contributed by atoms with Gasteiger partial charge in [0, 0.05) is 12.5 Å². The van der Waals surface area contributed by atoms with E-state index in [-0.39, 0.29) is 23.9 Å². The molecular weight excluding hydrogens is 264 g/mol. The summed E-state index contributed by atoms with van der Waals surface area (Å²) in [6.07, 6.45) is 14.9. The molecule has 0 aromatic carbocycles. The fourth-order valence-corrected chi connectivity index (χ4v) is 3.34. The third-order valence-corrected chi connectivity index (χ3v) is 4.51. The van der Waals surface area contributed by atoms with E-state index in [9.17, 15) is 9.59 Å². The van der Waals surface area contributed by atoms with Crippen LogP contribution in [0.25, 0.3) is 0 Å². The minimum absolute atomic E-state index is 0.00743. The third kappa shape index (κ3) is 4.31. The molecule has 2 fully saturated rings. The van der Waals surface area contributed by atoms with Crippen LogP contribution in [0.2, 0.25) is 0 Å². The summed E-state index contributed by atoms with van der Waals surface area (Å²) in [5, 5.41) is 3.22. The van der Waals surface area contributed by atoms with Crippen molar-refractivity contribution in [1.82, 2.24) is 10.2 Å². The standard InChI is InChI=1S/C17H26N2O2/c1-2-3-4-9-12-18-15-13-16(20)19(17(15)21)14-10-7-5-6-8-11-14/h1,14-15,18H,3-13H2. The fourth-order valence-electron chi connectivity index (χ4n) is 3.34. The Balaban J connectivity index is 1.83. The van der Waals surface area contributed by atoms with Crippen LogP contribution >= 0.6 is 0 Å². The molecule has 2 rings (SSSR count). The topological polar surface area (TPSA) is 49.4 Å². The van der Waals surface area contributed by atoms with Gasteiger partial charge < -0.3 is 5.32 Å². The largest absolute Gasteiger partial charge is 0.305 e. The van der Waals surface area contributed by atoms with Gasteiger partial charge in [-0.3, -0.25) is 14.5 Å². The number of carbonyl (C=O) groups is 2. The Labute approximate surface area is 127 Å². The predicted molar refractivity (Wildman–Crippen MR) is 82.4 cm³/mol. The Morgan fingerprint density at radius 1 is 1.14 bits per heavy atom. The van der Waals surface area contributed by atoms with Gasteiger partial charge in [0.05, 0.1) is 12.5 Å². The van der Waals surface area contributed by atoms with E-state index in [0.717, 1.165) is 51.5 Å². The first kappa shape index (κ1) is 16.0. The van der Waals surface area contributed by atoms with Gasteiger partial charge in [-0.15, -0.1) is 12.3 Å². The van der Waals surface area contributed by atoms with Crippen LogP contribution in [0.15, 0.2) is 0 Å². The van der Waals surface area contributed by atoms with Crippen LogP contribution in [0, 0.1) is 12.3 Å². The lowest BCUT2D eigenvalue weighted by atomic mass is 10.1. The zero-order valence-electron chi connectivity index (χ0n) is 12.8. The highest BCUT2D eigenvalue weighted by molar-refractivity contribution is 6.05. The number of hydrogen-bond donors (Lipinski definition) is 1. The minimum Gasteiger partial charge on any atom is -0.305 e. The highest BCUT2D eigenvalue weighted by Gasteiger charge is 2.41. The second kappa shape index (κ2) is 8.19. The molecule has 2 amide bonds. The van der Waals surface area contributed by atoms with Gasteiger partial charge in [0.2, 0.25) is 11.8 Å². The molecule has 1 saturated heterocycles. The average Bonchev–Trinajstić information content (AvgIpc) is 2.67. The highest BCUT2D eigenvalue weighted by Crippen LogP contribution is 2.26. The number of unbranched alkanes of at least 4 members (excludes halogenated alkanes) is 2. The zero-order valence-corrected chi connectivity index (χ0v) is 12.8. The van der Waals surface area contributed by atoms with Crippen molar-refractivity contribution in [1.29, 1.82) is 0 Å². The molecular formula is C17H26N2O2. The van der Waals surface area contributed by atoms with Crippen molar-refractivity contribution < 1.29 is 9.59 Å². The van der Waals surface area contributed by atoms with Gasteiger partial charge in [0.1, 0.15) is 0 Å². The lowest BCUT2D eigenvalue weighted by Gasteiger charge is -2.25. The SMILES string of the molecule is C#CCCCCNC1CC(=O)N(C2CCCCCC2)C1=O. The van der Waals surface area contributed by atoms with E-state index in [2.05, 4.69) is 11.2 Å². The van der Waals surface area contributed by atoms with Gasteiger partial charge in [0.25, 0.3) is 0 Å². The number of hydrogen-bond acceptors (Lipinski definition) is 3. The number of amides is 2. The molecule has 0 aromatic rings. The van der Waals surface area contributed by atoms with Crippen molar-refractivity contribution in [3.8, 4) is 12.3 Å². The van der Waals surface area contributed by atoms with Gasteiger partial charge in [-0.05, 0) is 32.2 Å². The maximum absolute atomic E-state index is 12.5. The maximum Gasteiger partial charge on any atom is 0.247 e. The van der Waals surface area contributed by atoms with Crippen LogP contribution in [0.4, 0.5) is 0 Å². The van der Waals surface area contributed by atoms with Gasteiger partial charge in [-0.2, -0.15) is 0 Å². The summed E-state index contributed by atoms with van der Waals surface area (Å²) >= 11 is 0. The molecule has 1 heterocycles. The van der Waals surface area contributed by atoms with E-state index >= 15 is 0 Å². The Bertz CT molecular complexity index is 406. The Hall–Kier alpha value is -1.34. The number of nitrogens with zero attached hydrogens (tertiary/aromatic N) is 1. The number of imide groups is 1. The molecule has 4 heteroatoms. The Morgan fingerprint density at radius 3 is 2.52 bits per heavy atom. The number of terminal acetylenes is 1. The van der Waals surface area contributed by atoms with Gasteiger partial charge in [0.15, 0.2) is 0 Å². The summed E-state index contributed by atoms with van der Waals surface area (Å²) in [5.41, 5.74) is 0. The molecule has 1 aliphatic carbocycles. The smallest absolute Gasteiger partial charge is 0.247 e. The summed E-state index contributed by atoms with van der Waals surface area (Å²) in [7, 11) is 0. The summed E-state index contributed by atoms with van der Waals surface area (Å²) in [6, 6.07) is -0.174. The van der Waals surface area contributed by atoms with E-state index in [4.69, 9.17) is 6.42 Å². The lowest BCUT2D eigenvalue weighted by molar-refractivity contribution is -0.141. The molecule has 0 bridgehead atoms. The molecule has 0 radical (unpaired) electrons. The van der Waals surface area contributed by atoms with E-state index in [1.165, 1.54) is 12.8 Å². The number of nitrogens with one attached hydrogen (secondary N) is 1. The van der Waals surface area contributed by atoms with Crippen molar-refractivity contribution in [2.24, 2.45) is 0 Å². The average molecular weight is 290 g/mol. The third-order valence-electron chi connectivity index (χ3n) is 4.51.